The monoisotopic (exact) mass is 127 g/mol. The van der Waals surface area contributed by atoms with Crippen molar-refractivity contribution in [2.75, 3.05) is 0 Å². The minimum atomic E-state index is -0.900. The average molecular weight is 127 g/mol. The van der Waals surface area contributed by atoms with Gasteiger partial charge in [0.25, 0.3) is 0 Å². The summed E-state index contributed by atoms with van der Waals surface area (Å²) in [6, 6.07) is 0. The summed E-state index contributed by atoms with van der Waals surface area (Å²) in [7, 11) is 0. The molecule has 51 valence electrons. The average Bonchev–Trinajstić information content (AvgIpc) is 2.22. The molecular weight excluding hydrogens is 116 g/mol. The Morgan fingerprint density at radius 2 is 1.67 bits per heavy atom. The van der Waals surface area contributed by atoms with Crippen LogP contribution in [-0.4, -0.2) is 5.97 Å². The van der Waals surface area contributed by atoms with Gasteiger partial charge in [-0.1, -0.05) is 13.8 Å². The van der Waals surface area contributed by atoms with Gasteiger partial charge in [0.2, 0.25) is 0 Å². The van der Waals surface area contributed by atoms with Crippen LogP contribution in [0.5, 0.6) is 0 Å². The van der Waals surface area contributed by atoms with E-state index in [-0.39, 0.29) is 0 Å². The zero-order valence-corrected chi connectivity index (χ0v) is 5.97. The summed E-state index contributed by atoms with van der Waals surface area (Å²) >= 11 is 0. The Kier molecular flexibility index (Phi) is 1.09. The molecule has 0 amide bonds. The summed E-state index contributed by atoms with van der Waals surface area (Å²) in [5, 5.41) is 10.4. The molecule has 0 bridgehead atoms. The fourth-order valence-electron chi connectivity index (χ4n) is 1.36. The highest BCUT2D eigenvalue weighted by atomic mass is 16.4. The molecule has 2 nitrogen and oxygen atoms in total. The Morgan fingerprint density at radius 1 is 1.33 bits per heavy atom. The van der Waals surface area contributed by atoms with Gasteiger partial charge in [0.05, 0.1) is 5.41 Å². The normalized spacial score (nSPS) is 48.8. The van der Waals surface area contributed by atoms with E-state index < -0.39 is 11.4 Å². The molecule has 1 fully saturated rings. The predicted octanol–water partition coefficient (Wildman–Crippen LogP) is 1.24. The van der Waals surface area contributed by atoms with Crippen molar-refractivity contribution in [3.05, 3.63) is 0 Å². The zero-order valence-electron chi connectivity index (χ0n) is 5.97. The van der Waals surface area contributed by atoms with Crippen molar-refractivity contribution < 1.29 is 9.90 Å². The minimum Gasteiger partial charge on any atom is -0.247 e. The van der Waals surface area contributed by atoms with E-state index in [1.165, 1.54) is 0 Å². The van der Waals surface area contributed by atoms with Gasteiger partial charge >= 0.3 is 5.97 Å². The van der Waals surface area contributed by atoms with Crippen LogP contribution < -0.4 is 0 Å². The van der Waals surface area contributed by atoms with Crippen LogP contribution in [0.1, 0.15) is 20.8 Å². The van der Waals surface area contributed by atoms with Gasteiger partial charge in [0, 0.05) is 0 Å². The van der Waals surface area contributed by atoms with Crippen LogP contribution >= 0.6 is 0 Å². The van der Waals surface area contributed by atoms with Gasteiger partial charge in [-0.15, -0.1) is 0 Å². The molecule has 0 aromatic carbocycles. The Morgan fingerprint density at radius 3 is 1.67 bits per heavy atom. The van der Waals surface area contributed by atoms with E-state index >= 15 is 0 Å². The SMILES string of the molecule is CC1C(C)C1(C)C([O])=O. The van der Waals surface area contributed by atoms with Crippen molar-refractivity contribution in [1.82, 2.24) is 0 Å². The Labute approximate surface area is 54.9 Å². The Balaban J connectivity index is 2.71. The predicted molar refractivity (Wildman–Crippen MR) is 32.1 cm³/mol. The smallest absolute Gasteiger partial charge is 0.247 e. The van der Waals surface area contributed by atoms with E-state index in [2.05, 4.69) is 0 Å². The molecule has 0 spiro atoms. The fourth-order valence-corrected chi connectivity index (χ4v) is 1.36. The van der Waals surface area contributed by atoms with E-state index in [0.717, 1.165) is 0 Å². The standard InChI is InChI=1S/C7H11O2/c1-4-5(2)7(4,3)6(8)9/h4-5H,1-3H3. The second kappa shape index (κ2) is 1.49. The first-order valence-corrected chi connectivity index (χ1v) is 3.22. The molecule has 1 radical (unpaired) electrons. The number of rotatable bonds is 1. The van der Waals surface area contributed by atoms with Gasteiger partial charge in [0.15, 0.2) is 0 Å². The largest absolute Gasteiger partial charge is 0.361 e. The van der Waals surface area contributed by atoms with Crippen LogP contribution in [0.25, 0.3) is 0 Å². The first-order valence-electron chi connectivity index (χ1n) is 3.22. The van der Waals surface area contributed by atoms with E-state index in [1.807, 2.05) is 13.8 Å². The van der Waals surface area contributed by atoms with Crippen LogP contribution in [0.2, 0.25) is 0 Å². The molecule has 0 aromatic heterocycles. The Bertz CT molecular complexity index is 143. The molecule has 1 aliphatic carbocycles. The van der Waals surface area contributed by atoms with E-state index in [4.69, 9.17) is 0 Å². The molecule has 2 heteroatoms. The summed E-state index contributed by atoms with van der Waals surface area (Å²) in [5.41, 5.74) is -0.528. The molecule has 1 rings (SSSR count). The lowest BCUT2D eigenvalue weighted by atomic mass is 10.1. The van der Waals surface area contributed by atoms with Crippen LogP contribution in [0.4, 0.5) is 0 Å². The molecule has 1 saturated carbocycles. The van der Waals surface area contributed by atoms with Gasteiger partial charge in [-0.3, -0.25) is 0 Å². The molecule has 0 aliphatic heterocycles. The van der Waals surface area contributed by atoms with Crippen LogP contribution in [0.3, 0.4) is 0 Å². The molecule has 2 atom stereocenters. The molecule has 9 heavy (non-hydrogen) atoms. The third-order valence-corrected chi connectivity index (χ3v) is 2.97. The fraction of sp³-hybridized carbons (Fsp3) is 0.857. The molecule has 0 N–H and O–H groups in total. The van der Waals surface area contributed by atoms with Gasteiger partial charge in [-0.2, -0.15) is 0 Å². The van der Waals surface area contributed by atoms with Crippen molar-refractivity contribution in [3.63, 3.8) is 0 Å². The summed E-state index contributed by atoms with van der Waals surface area (Å²) in [6.45, 7) is 5.64. The van der Waals surface area contributed by atoms with Crippen molar-refractivity contribution in [2.45, 2.75) is 20.8 Å². The first-order chi connectivity index (χ1) is 4.01. The highest BCUT2D eigenvalue weighted by Crippen LogP contribution is 2.57. The van der Waals surface area contributed by atoms with Crippen LogP contribution in [-0.2, 0) is 9.90 Å². The topological polar surface area (TPSA) is 37.0 Å². The lowest BCUT2D eigenvalue weighted by Gasteiger charge is -1.96. The van der Waals surface area contributed by atoms with Gasteiger partial charge in [-0.25, -0.2) is 9.90 Å². The molecule has 1 aliphatic rings. The molecule has 0 aromatic rings. The lowest BCUT2D eigenvalue weighted by molar-refractivity contribution is -0.150. The number of carbonyl (C=O) groups excluding carboxylic acids is 1. The van der Waals surface area contributed by atoms with Crippen molar-refractivity contribution in [2.24, 2.45) is 17.3 Å². The quantitative estimate of drug-likeness (QED) is 0.522. The van der Waals surface area contributed by atoms with E-state index in [0.29, 0.717) is 11.8 Å². The third-order valence-electron chi connectivity index (χ3n) is 2.97. The summed E-state index contributed by atoms with van der Waals surface area (Å²) in [6.07, 6.45) is 0. The maximum atomic E-state index is 10.4. The molecule has 2 unspecified atom stereocenters. The van der Waals surface area contributed by atoms with Crippen molar-refractivity contribution in [1.29, 1.82) is 0 Å². The minimum absolute atomic E-state index is 0.294. The lowest BCUT2D eigenvalue weighted by Crippen LogP contribution is -2.11. The number of carbonyl (C=O) groups is 1. The van der Waals surface area contributed by atoms with Crippen LogP contribution in [0, 0.1) is 17.3 Å². The van der Waals surface area contributed by atoms with Crippen LogP contribution in [0.15, 0.2) is 0 Å². The molecule has 0 heterocycles. The van der Waals surface area contributed by atoms with Gasteiger partial charge in [-0.05, 0) is 18.8 Å². The second-order valence-electron chi connectivity index (χ2n) is 3.15. The van der Waals surface area contributed by atoms with E-state index in [9.17, 15) is 9.90 Å². The second-order valence-corrected chi connectivity index (χ2v) is 3.15. The Hall–Kier alpha value is -0.530. The summed E-state index contributed by atoms with van der Waals surface area (Å²) in [4.78, 5) is 10.4. The van der Waals surface area contributed by atoms with E-state index in [1.54, 1.807) is 6.92 Å². The zero-order chi connectivity index (χ0) is 7.23. The first kappa shape index (κ1) is 6.59. The molecular formula is C7H11O2. The number of hydrogen-bond acceptors (Lipinski definition) is 1. The van der Waals surface area contributed by atoms with Gasteiger partial charge in [0.1, 0.15) is 0 Å². The van der Waals surface area contributed by atoms with Gasteiger partial charge < -0.3 is 0 Å². The van der Waals surface area contributed by atoms with Crippen molar-refractivity contribution >= 4 is 5.97 Å². The summed E-state index contributed by atoms with van der Waals surface area (Å²) in [5.74, 6) is -0.313. The highest BCUT2D eigenvalue weighted by Gasteiger charge is 2.62. The van der Waals surface area contributed by atoms with Crippen molar-refractivity contribution in [3.8, 4) is 0 Å². The maximum Gasteiger partial charge on any atom is 0.361 e. The number of hydrogen-bond donors (Lipinski definition) is 0. The third kappa shape index (κ3) is 0.590. The highest BCUT2D eigenvalue weighted by molar-refractivity contribution is 5.78. The maximum absolute atomic E-state index is 10.4. The summed E-state index contributed by atoms with van der Waals surface area (Å²) < 4.78 is 0. The molecule has 0 saturated heterocycles.